The molecule has 4 rings (SSSR count). The second-order valence-electron chi connectivity index (χ2n) is 6.62. The number of aromatic nitrogens is 1. The average molecular weight is 467 g/mol. The van der Waals surface area contributed by atoms with Gasteiger partial charge in [-0.15, -0.1) is 11.3 Å². The molecule has 0 spiro atoms. The van der Waals surface area contributed by atoms with E-state index in [9.17, 15) is 8.42 Å². The maximum absolute atomic E-state index is 12.6. The molecule has 1 aliphatic rings. The molecule has 1 fully saturated rings. The predicted octanol–water partition coefficient (Wildman–Crippen LogP) is 5.30. The van der Waals surface area contributed by atoms with Crippen molar-refractivity contribution in [1.82, 2.24) is 9.71 Å². The monoisotopic (exact) mass is 466 g/mol. The number of rotatable bonds is 6. The molecular formula is C19H19BrN2O3S2. The number of sulfonamides is 1. The van der Waals surface area contributed by atoms with Crippen LogP contribution in [-0.4, -0.2) is 13.4 Å². The summed E-state index contributed by atoms with van der Waals surface area (Å²) in [6.07, 6.45) is 6.36. The Kier molecular flexibility index (Phi) is 5.50. The molecule has 0 saturated heterocycles. The molecule has 5 nitrogen and oxygen atoms in total. The van der Waals surface area contributed by atoms with E-state index in [2.05, 4.69) is 25.6 Å². The molecule has 3 aromatic rings. The lowest BCUT2D eigenvalue weighted by Crippen LogP contribution is -2.22. The van der Waals surface area contributed by atoms with Crippen molar-refractivity contribution in [2.75, 3.05) is 0 Å². The van der Waals surface area contributed by atoms with Gasteiger partial charge in [-0.1, -0.05) is 40.9 Å². The highest BCUT2D eigenvalue weighted by Crippen LogP contribution is 2.37. The van der Waals surface area contributed by atoms with E-state index in [0.29, 0.717) is 11.7 Å². The van der Waals surface area contributed by atoms with Crippen molar-refractivity contribution in [2.45, 2.75) is 42.4 Å². The number of oxazole rings is 1. The fourth-order valence-corrected chi connectivity index (χ4v) is 6.02. The summed E-state index contributed by atoms with van der Waals surface area (Å²) in [5.74, 6) is 1.80. The zero-order chi connectivity index (χ0) is 18.9. The van der Waals surface area contributed by atoms with Gasteiger partial charge in [0.1, 0.15) is 4.21 Å². The highest BCUT2D eigenvalue weighted by atomic mass is 79.9. The third kappa shape index (κ3) is 4.34. The van der Waals surface area contributed by atoms with Crippen molar-refractivity contribution in [3.63, 3.8) is 0 Å². The topological polar surface area (TPSA) is 72.2 Å². The van der Waals surface area contributed by atoms with Gasteiger partial charge in [-0.2, -0.15) is 0 Å². The van der Waals surface area contributed by atoms with Crippen molar-refractivity contribution in [1.29, 1.82) is 0 Å². The second-order valence-corrected chi connectivity index (χ2v) is 10.6. The van der Waals surface area contributed by atoms with Crippen LogP contribution in [0.2, 0.25) is 0 Å². The van der Waals surface area contributed by atoms with Crippen molar-refractivity contribution in [3.05, 3.63) is 58.5 Å². The molecule has 1 saturated carbocycles. The molecule has 0 atom stereocenters. The van der Waals surface area contributed by atoms with Gasteiger partial charge in [-0.3, -0.25) is 0 Å². The summed E-state index contributed by atoms with van der Waals surface area (Å²) >= 11 is 4.59. The summed E-state index contributed by atoms with van der Waals surface area (Å²) < 4.78 is 34.9. The van der Waals surface area contributed by atoms with E-state index in [4.69, 9.17) is 4.42 Å². The van der Waals surface area contributed by atoms with Gasteiger partial charge in [0, 0.05) is 16.9 Å². The number of thiophene rings is 1. The van der Waals surface area contributed by atoms with Crippen molar-refractivity contribution >= 4 is 37.3 Å². The molecule has 27 heavy (non-hydrogen) atoms. The highest BCUT2D eigenvalue weighted by molar-refractivity contribution is 9.10. The zero-order valence-electron chi connectivity index (χ0n) is 14.5. The molecule has 142 valence electrons. The molecule has 2 aromatic heterocycles. The number of benzene rings is 1. The maximum Gasteiger partial charge on any atom is 0.250 e. The van der Waals surface area contributed by atoms with E-state index in [-0.39, 0.29) is 10.8 Å². The van der Waals surface area contributed by atoms with Crippen LogP contribution in [0, 0.1) is 0 Å². The van der Waals surface area contributed by atoms with Gasteiger partial charge in [-0.25, -0.2) is 18.1 Å². The van der Waals surface area contributed by atoms with Crippen LogP contribution < -0.4 is 4.72 Å². The molecule has 0 aliphatic heterocycles. The van der Waals surface area contributed by atoms with E-state index < -0.39 is 10.0 Å². The molecule has 0 bridgehead atoms. The van der Waals surface area contributed by atoms with E-state index in [1.165, 1.54) is 24.2 Å². The molecule has 0 unspecified atom stereocenters. The van der Waals surface area contributed by atoms with Gasteiger partial charge in [0.2, 0.25) is 10.0 Å². The van der Waals surface area contributed by atoms with Crippen LogP contribution in [0.15, 0.2) is 55.7 Å². The minimum Gasteiger partial charge on any atom is -0.440 e. The van der Waals surface area contributed by atoms with Gasteiger partial charge >= 0.3 is 0 Å². The van der Waals surface area contributed by atoms with Crippen LogP contribution >= 0.6 is 27.3 Å². The van der Waals surface area contributed by atoms with Crippen LogP contribution in [0.3, 0.4) is 0 Å². The molecular weight excluding hydrogens is 448 g/mol. The van der Waals surface area contributed by atoms with Gasteiger partial charge in [0.25, 0.3) is 0 Å². The van der Waals surface area contributed by atoms with Crippen molar-refractivity contribution < 1.29 is 12.8 Å². The zero-order valence-corrected chi connectivity index (χ0v) is 17.7. The smallest absolute Gasteiger partial charge is 0.250 e. The molecule has 1 aromatic carbocycles. The Labute approximate surface area is 171 Å². The fourth-order valence-electron chi connectivity index (χ4n) is 3.26. The van der Waals surface area contributed by atoms with Crippen LogP contribution in [0.1, 0.15) is 43.1 Å². The third-order valence-electron chi connectivity index (χ3n) is 4.67. The quantitative estimate of drug-likeness (QED) is 0.534. The van der Waals surface area contributed by atoms with Crippen LogP contribution in [0.4, 0.5) is 0 Å². The predicted molar refractivity (Wildman–Crippen MR) is 109 cm³/mol. The minimum absolute atomic E-state index is 0.239. The number of nitrogens with zero attached hydrogens (tertiary/aromatic N) is 1. The van der Waals surface area contributed by atoms with E-state index in [0.717, 1.165) is 33.6 Å². The van der Waals surface area contributed by atoms with Crippen LogP contribution in [0.25, 0.3) is 10.6 Å². The molecule has 1 aliphatic carbocycles. The first-order chi connectivity index (χ1) is 13.0. The van der Waals surface area contributed by atoms with Crippen LogP contribution in [-0.2, 0) is 16.6 Å². The van der Waals surface area contributed by atoms with E-state index >= 15 is 0 Å². The Morgan fingerprint density at radius 2 is 2.04 bits per heavy atom. The molecule has 0 amide bonds. The number of halogens is 1. The SMILES string of the molecule is O=S(=O)(NCc1cccc(Br)c1)c1ccc(-c2cnc(C3CCCC3)o2)s1. The van der Waals surface area contributed by atoms with Gasteiger partial charge < -0.3 is 4.42 Å². The Bertz CT molecular complexity index is 1040. The Balaban J connectivity index is 1.48. The summed E-state index contributed by atoms with van der Waals surface area (Å²) in [4.78, 5) is 5.17. The summed E-state index contributed by atoms with van der Waals surface area (Å²) in [5.41, 5.74) is 0.890. The van der Waals surface area contributed by atoms with E-state index in [1.54, 1.807) is 18.3 Å². The Morgan fingerprint density at radius 3 is 2.81 bits per heavy atom. The number of hydrogen-bond acceptors (Lipinski definition) is 5. The number of nitrogens with one attached hydrogen (secondary N) is 1. The van der Waals surface area contributed by atoms with Gasteiger partial charge in [0.05, 0.1) is 11.1 Å². The summed E-state index contributed by atoms with van der Waals surface area (Å²) in [7, 11) is -3.58. The average Bonchev–Trinajstić information content (AvgIpc) is 3.40. The molecule has 0 radical (unpaired) electrons. The fraction of sp³-hybridized carbons (Fsp3) is 0.316. The van der Waals surface area contributed by atoms with E-state index in [1.807, 2.05) is 24.3 Å². The Morgan fingerprint density at radius 1 is 1.22 bits per heavy atom. The minimum atomic E-state index is -3.58. The largest absolute Gasteiger partial charge is 0.440 e. The lowest BCUT2D eigenvalue weighted by molar-refractivity contribution is 0.458. The van der Waals surface area contributed by atoms with Crippen LogP contribution in [0.5, 0.6) is 0 Å². The normalized spacial score (nSPS) is 15.4. The third-order valence-corrected chi connectivity index (χ3v) is 8.16. The maximum atomic E-state index is 12.6. The molecule has 1 N–H and O–H groups in total. The lowest BCUT2D eigenvalue weighted by atomic mass is 10.1. The summed E-state index contributed by atoms with van der Waals surface area (Å²) in [6.45, 7) is 0.239. The summed E-state index contributed by atoms with van der Waals surface area (Å²) in [6, 6.07) is 10.9. The van der Waals surface area contributed by atoms with Crippen molar-refractivity contribution in [3.8, 4) is 10.6 Å². The molecule has 2 heterocycles. The van der Waals surface area contributed by atoms with Gasteiger partial charge in [-0.05, 0) is 42.7 Å². The second kappa shape index (κ2) is 7.87. The van der Waals surface area contributed by atoms with Gasteiger partial charge in [0.15, 0.2) is 11.7 Å². The standard InChI is InChI=1S/C19H19BrN2O3S2/c20-15-7-3-4-13(10-15)11-22-27(23,24)18-9-8-17(26-18)16-12-21-19(25-16)14-5-1-2-6-14/h3-4,7-10,12,14,22H,1-2,5-6,11H2. The first-order valence-corrected chi connectivity index (χ1v) is 11.9. The Hall–Kier alpha value is -1.48. The first-order valence-electron chi connectivity index (χ1n) is 8.81. The highest BCUT2D eigenvalue weighted by Gasteiger charge is 2.23. The summed E-state index contributed by atoms with van der Waals surface area (Å²) in [5, 5.41) is 0. The number of hydrogen-bond donors (Lipinski definition) is 1. The first kappa shape index (κ1) is 18.9. The van der Waals surface area contributed by atoms with Crippen molar-refractivity contribution in [2.24, 2.45) is 0 Å². The molecule has 8 heteroatoms. The lowest BCUT2D eigenvalue weighted by Gasteiger charge is -2.05.